The molecule has 5 heteroatoms. The number of hydrogen-bond donors (Lipinski definition) is 2. The van der Waals surface area contributed by atoms with Crippen LogP contribution in [0.1, 0.15) is 11.1 Å². The molecule has 0 bridgehead atoms. The number of rotatable bonds is 7. The average molecular weight is 311 g/mol. The standard InChI is InChI=1S/C16H17ClFNO2/c17-14-5-6-16(13(9-14)10-19-7-8-20)21-11-12-3-1-2-4-15(12)18/h1-6,9,19-20H,7-8,10-11H2/p+1. The fourth-order valence-corrected chi connectivity index (χ4v) is 2.16. The van der Waals surface area contributed by atoms with E-state index in [1.807, 2.05) is 11.4 Å². The highest BCUT2D eigenvalue weighted by Gasteiger charge is 2.08. The van der Waals surface area contributed by atoms with Gasteiger partial charge in [0.1, 0.15) is 24.7 Å². The molecule has 21 heavy (non-hydrogen) atoms. The van der Waals surface area contributed by atoms with Crippen LogP contribution in [0.3, 0.4) is 0 Å². The number of hydrogen-bond acceptors (Lipinski definition) is 2. The van der Waals surface area contributed by atoms with Crippen molar-refractivity contribution in [2.45, 2.75) is 13.2 Å². The van der Waals surface area contributed by atoms with Crippen LogP contribution in [0.2, 0.25) is 5.02 Å². The molecule has 0 heterocycles. The van der Waals surface area contributed by atoms with Crippen molar-refractivity contribution < 1.29 is 19.6 Å². The summed E-state index contributed by atoms with van der Waals surface area (Å²) < 4.78 is 19.3. The molecule has 0 aromatic heterocycles. The Morgan fingerprint density at radius 1 is 1.14 bits per heavy atom. The van der Waals surface area contributed by atoms with Gasteiger partial charge >= 0.3 is 0 Å². The number of halogens is 2. The first-order valence-corrected chi connectivity index (χ1v) is 7.15. The second-order valence-corrected chi connectivity index (χ2v) is 5.07. The van der Waals surface area contributed by atoms with E-state index in [1.165, 1.54) is 6.07 Å². The third kappa shape index (κ3) is 4.70. The first-order chi connectivity index (χ1) is 10.2. The molecule has 0 spiro atoms. The first kappa shape index (κ1) is 15.8. The third-order valence-electron chi connectivity index (χ3n) is 3.06. The molecule has 0 atom stereocenters. The lowest BCUT2D eigenvalue weighted by atomic mass is 10.2. The Morgan fingerprint density at radius 2 is 1.95 bits per heavy atom. The Hall–Kier alpha value is -1.62. The lowest BCUT2D eigenvalue weighted by Crippen LogP contribution is -2.83. The van der Waals surface area contributed by atoms with Crippen LogP contribution in [0.25, 0.3) is 0 Å². The molecule has 0 fully saturated rings. The molecule has 3 nitrogen and oxygen atoms in total. The van der Waals surface area contributed by atoms with Crippen LogP contribution in [0.4, 0.5) is 4.39 Å². The fraction of sp³-hybridized carbons (Fsp3) is 0.250. The van der Waals surface area contributed by atoms with Gasteiger partial charge in [-0.1, -0.05) is 29.8 Å². The van der Waals surface area contributed by atoms with Crippen LogP contribution in [0.15, 0.2) is 42.5 Å². The molecule has 2 rings (SSSR count). The van der Waals surface area contributed by atoms with Gasteiger partial charge in [-0.15, -0.1) is 0 Å². The Morgan fingerprint density at radius 3 is 2.71 bits per heavy atom. The normalized spacial score (nSPS) is 10.6. The lowest BCUT2D eigenvalue weighted by molar-refractivity contribution is -0.671. The summed E-state index contributed by atoms with van der Waals surface area (Å²) in [6.07, 6.45) is 0. The van der Waals surface area contributed by atoms with E-state index in [2.05, 4.69) is 0 Å². The van der Waals surface area contributed by atoms with Gasteiger partial charge < -0.3 is 15.2 Å². The third-order valence-corrected chi connectivity index (χ3v) is 3.30. The van der Waals surface area contributed by atoms with Gasteiger partial charge in [0.2, 0.25) is 0 Å². The SMILES string of the molecule is OCC[NH2+]Cc1cc(Cl)ccc1OCc1ccccc1F. The highest BCUT2D eigenvalue weighted by Crippen LogP contribution is 2.23. The minimum Gasteiger partial charge on any atom is -0.488 e. The van der Waals surface area contributed by atoms with E-state index >= 15 is 0 Å². The quantitative estimate of drug-likeness (QED) is 0.770. The average Bonchev–Trinajstić information content (AvgIpc) is 2.48. The smallest absolute Gasteiger partial charge is 0.129 e. The largest absolute Gasteiger partial charge is 0.488 e. The molecule has 0 unspecified atom stereocenters. The molecular weight excluding hydrogens is 293 g/mol. The van der Waals surface area contributed by atoms with Crippen molar-refractivity contribution in [3.8, 4) is 5.75 Å². The van der Waals surface area contributed by atoms with Crippen molar-refractivity contribution in [2.75, 3.05) is 13.2 Å². The monoisotopic (exact) mass is 310 g/mol. The summed E-state index contributed by atoms with van der Waals surface area (Å²) in [4.78, 5) is 0. The van der Waals surface area contributed by atoms with Crippen molar-refractivity contribution in [1.29, 1.82) is 0 Å². The molecule has 0 aliphatic rings. The molecule has 0 saturated heterocycles. The summed E-state index contributed by atoms with van der Waals surface area (Å²) in [6, 6.07) is 11.9. The van der Waals surface area contributed by atoms with Crippen LogP contribution in [-0.2, 0) is 13.2 Å². The van der Waals surface area contributed by atoms with Gasteiger partial charge in [0, 0.05) is 16.1 Å². The van der Waals surface area contributed by atoms with Crippen molar-refractivity contribution in [3.05, 3.63) is 64.4 Å². The van der Waals surface area contributed by atoms with Crippen LogP contribution in [-0.4, -0.2) is 18.3 Å². The van der Waals surface area contributed by atoms with Crippen molar-refractivity contribution >= 4 is 11.6 Å². The zero-order valence-corrected chi connectivity index (χ0v) is 12.3. The molecule has 2 aromatic carbocycles. The van der Waals surface area contributed by atoms with E-state index in [0.717, 1.165) is 5.56 Å². The molecular formula is C16H18ClFNO2+. The van der Waals surface area contributed by atoms with E-state index in [4.69, 9.17) is 21.4 Å². The van der Waals surface area contributed by atoms with Crippen LogP contribution < -0.4 is 10.1 Å². The maximum Gasteiger partial charge on any atom is 0.129 e. The van der Waals surface area contributed by atoms with E-state index in [1.54, 1.807) is 30.3 Å². The van der Waals surface area contributed by atoms with Gasteiger partial charge in [0.05, 0.1) is 13.2 Å². The molecule has 3 N–H and O–H groups in total. The van der Waals surface area contributed by atoms with Gasteiger partial charge in [-0.3, -0.25) is 0 Å². The van der Waals surface area contributed by atoms with Gasteiger partial charge in [-0.25, -0.2) is 4.39 Å². The summed E-state index contributed by atoms with van der Waals surface area (Å²) in [5.74, 6) is 0.400. The zero-order chi connectivity index (χ0) is 15.1. The number of aliphatic hydroxyl groups is 1. The molecule has 0 saturated carbocycles. The summed E-state index contributed by atoms with van der Waals surface area (Å²) in [5, 5.41) is 11.4. The minimum absolute atomic E-state index is 0.117. The Bertz CT molecular complexity index is 592. The summed E-state index contributed by atoms with van der Waals surface area (Å²) in [6.45, 7) is 1.54. The number of aliphatic hydroxyl groups excluding tert-OH is 1. The van der Waals surface area contributed by atoms with E-state index in [-0.39, 0.29) is 19.0 Å². The topological polar surface area (TPSA) is 46.1 Å². The maximum atomic E-state index is 13.6. The Kier molecular flexibility index (Phi) is 5.99. The Labute approximate surface area is 128 Å². The number of ether oxygens (including phenoxy) is 1. The van der Waals surface area contributed by atoms with Crippen molar-refractivity contribution in [3.63, 3.8) is 0 Å². The summed E-state index contributed by atoms with van der Waals surface area (Å²) >= 11 is 5.99. The summed E-state index contributed by atoms with van der Waals surface area (Å²) in [5.41, 5.74) is 1.44. The Balaban J connectivity index is 2.06. The van der Waals surface area contributed by atoms with Crippen LogP contribution in [0.5, 0.6) is 5.75 Å². The molecule has 0 radical (unpaired) electrons. The highest BCUT2D eigenvalue weighted by molar-refractivity contribution is 6.30. The number of nitrogens with two attached hydrogens (primary N) is 1. The van der Waals surface area contributed by atoms with E-state index < -0.39 is 0 Å². The second kappa shape index (κ2) is 7.98. The maximum absolute atomic E-state index is 13.6. The van der Waals surface area contributed by atoms with Crippen LogP contribution >= 0.6 is 11.6 Å². The predicted octanol–water partition coefficient (Wildman–Crippen LogP) is 2.11. The highest BCUT2D eigenvalue weighted by atomic mass is 35.5. The second-order valence-electron chi connectivity index (χ2n) is 4.64. The molecule has 0 aliphatic heterocycles. The fourth-order valence-electron chi connectivity index (χ4n) is 1.97. The molecule has 0 amide bonds. The van der Waals surface area contributed by atoms with Crippen molar-refractivity contribution in [2.24, 2.45) is 0 Å². The molecule has 2 aromatic rings. The zero-order valence-electron chi connectivity index (χ0n) is 11.6. The number of quaternary nitrogens is 1. The van der Waals surface area contributed by atoms with E-state index in [0.29, 0.717) is 29.4 Å². The summed E-state index contributed by atoms with van der Waals surface area (Å²) in [7, 11) is 0. The van der Waals surface area contributed by atoms with Crippen molar-refractivity contribution in [1.82, 2.24) is 0 Å². The number of benzene rings is 2. The predicted molar refractivity (Wildman–Crippen MR) is 79.8 cm³/mol. The first-order valence-electron chi connectivity index (χ1n) is 6.78. The van der Waals surface area contributed by atoms with Crippen LogP contribution in [0, 0.1) is 5.82 Å². The van der Waals surface area contributed by atoms with E-state index in [9.17, 15) is 4.39 Å². The molecule has 112 valence electrons. The lowest BCUT2D eigenvalue weighted by Gasteiger charge is -2.11. The van der Waals surface area contributed by atoms with Gasteiger partial charge in [0.25, 0.3) is 0 Å². The molecule has 0 aliphatic carbocycles. The van der Waals surface area contributed by atoms with Gasteiger partial charge in [-0.05, 0) is 24.3 Å². The van der Waals surface area contributed by atoms with Gasteiger partial charge in [0.15, 0.2) is 0 Å². The van der Waals surface area contributed by atoms with Gasteiger partial charge in [-0.2, -0.15) is 0 Å². The minimum atomic E-state index is -0.278.